The summed E-state index contributed by atoms with van der Waals surface area (Å²) in [5, 5.41) is 22.5. The van der Waals surface area contributed by atoms with Gasteiger partial charge in [0.05, 0.1) is 10.1 Å². The zero-order valence-corrected chi connectivity index (χ0v) is 34.6. The topological polar surface area (TPSA) is 235 Å². The molecule has 2 aromatic carbocycles. The van der Waals surface area contributed by atoms with Crippen molar-refractivity contribution in [3.63, 3.8) is 0 Å². The lowest BCUT2D eigenvalue weighted by molar-refractivity contribution is -0.192. The van der Waals surface area contributed by atoms with Gasteiger partial charge in [-0.3, -0.25) is 29.0 Å². The molecule has 0 radical (unpaired) electrons. The first-order chi connectivity index (χ1) is 25.7. The maximum Gasteiger partial charge on any atom is 0.353 e. The lowest BCUT2D eigenvalue weighted by Crippen LogP contribution is -2.81. The summed E-state index contributed by atoms with van der Waals surface area (Å²) in [5.74, 6) is -4.63. The molecule has 0 bridgehead atoms. The summed E-state index contributed by atoms with van der Waals surface area (Å²) in [6, 6.07) is 8.23. The Hall–Kier alpha value is -3.62. The second-order valence-electron chi connectivity index (χ2n) is 13.1. The largest absolute Gasteiger partial charge is 0.477 e. The molecule has 55 heavy (non-hydrogen) atoms. The molecular formula is C35H37BrCl2N6O9S2. The van der Waals surface area contributed by atoms with E-state index in [4.69, 9.17) is 39.4 Å². The zero-order valence-electron chi connectivity index (χ0n) is 29.9. The van der Waals surface area contributed by atoms with E-state index < -0.39 is 75.4 Å². The molecule has 2 saturated heterocycles. The lowest BCUT2D eigenvalue weighted by atomic mass is 9.96. The van der Waals surface area contributed by atoms with Crippen LogP contribution in [0.2, 0.25) is 0 Å². The van der Waals surface area contributed by atoms with E-state index in [-0.39, 0.29) is 27.2 Å². The third-order valence-electron chi connectivity index (χ3n) is 9.28. The molecule has 4 amide bonds. The second kappa shape index (κ2) is 16.5. The van der Waals surface area contributed by atoms with Gasteiger partial charge in [-0.2, -0.15) is 0 Å². The first kappa shape index (κ1) is 42.5. The quantitative estimate of drug-likeness (QED) is 0.157. The highest BCUT2D eigenvalue weighted by atomic mass is 79.9. The molecule has 4 aliphatic rings. The van der Waals surface area contributed by atoms with Gasteiger partial charge < -0.3 is 37.1 Å². The number of ether oxygens (including phenoxy) is 1. The van der Waals surface area contributed by atoms with Crippen molar-refractivity contribution in [3.05, 3.63) is 90.1 Å². The molecule has 0 spiro atoms. The van der Waals surface area contributed by atoms with E-state index in [0.29, 0.717) is 11.1 Å². The van der Waals surface area contributed by atoms with Crippen LogP contribution in [-0.4, -0.2) is 96.2 Å². The first-order valence-electron chi connectivity index (χ1n) is 16.5. The normalized spacial score (nSPS) is 25.3. The summed E-state index contributed by atoms with van der Waals surface area (Å²) in [6.07, 6.45) is 0. The van der Waals surface area contributed by atoms with E-state index in [9.17, 15) is 39.0 Å². The Morgan fingerprint density at radius 2 is 1.58 bits per heavy atom. The molecule has 4 heterocycles. The van der Waals surface area contributed by atoms with Gasteiger partial charge in [0.15, 0.2) is 0 Å². The molecule has 0 aliphatic carbocycles. The van der Waals surface area contributed by atoms with Crippen LogP contribution in [0.3, 0.4) is 0 Å². The number of nitrogens with one attached hydrogen (secondary N) is 2. The van der Waals surface area contributed by atoms with Crippen LogP contribution in [0.1, 0.15) is 46.8 Å². The smallest absolute Gasteiger partial charge is 0.353 e. The van der Waals surface area contributed by atoms with E-state index in [1.165, 1.54) is 30.6 Å². The third kappa shape index (κ3) is 7.87. The van der Waals surface area contributed by atoms with Gasteiger partial charge in [-0.1, -0.05) is 74.5 Å². The van der Waals surface area contributed by atoms with Crippen molar-refractivity contribution < 1.29 is 43.7 Å². The molecule has 6 rings (SSSR count). The maximum absolute atomic E-state index is 12.9. The van der Waals surface area contributed by atoms with Gasteiger partial charge >= 0.3 is 11.9 Å². The number of benzene rings is 2. The van der Waals surface area contributed by atoms with E-state index in [1.54, 1.807) is 13.0 Å². The fraction of sp³-hybridized carbons (Fsp3) is 0.371. The monoisotopic (exact) mass is 898 g/mol. The van der Waals surface area contributed by atoms with Crippen LogP contribution in [0.25, 0.3) is 0 Å². The molecule has 2 aromatic rings. The molecule has 294 valence electrons. The second-order valence-corrected chi connectivity index (χ2v) is 17.4. The number of hydrogen-bond donors (Lipinski definition) is 6. The van der Waals surface area contributed by atoms with Crippen molar-refractivity contribution in [3.8, 4) is 0 Å². The third-order valence-corrected chi connectivity index (χ3v) is 13.6. The molecule has 2 fully saturated rings. The number of halogens is 3. The number of methoxy groups -OCH3 is 1. The highest BCUT2D eigenvalue weighted by molar-refractivity contribution is 9.10. The summed E-state index contributed by atoms with van der Waals surface area (Å²) in [6.45, 7) is 7.37. The Morgan fingerprint density at radius 3 is 2.16 bits per heavy atom. The molecule has 15 nitrogen and oxygen atoms in total. The van der Waals surface area contributed by atoms with Crippen LogP contribution in [0.4, 0.5) is 0 Å². The van der Waals surface area contributed by atoms with Gasteiger partial charge in [0.25, 0.3) is 17.5 Å². The van der Waals surface area contributed by atoms with Crippen LogP contribution in [0.15, 0.2) is 62.3 Å². The number of carbonyl (C=O) groups excluding carboxylic acids is 4. The molecule has 0 saturated carbocycles. The van der Waals surface area contributed by atoms with E-state index in [0.717, 1.165) is 31.0 Å². The Bertz CT molecular complexity index is 2050. The Morgan fingerprint density at radius 1 is 0.964 bits per heavy atom. The number of aryl methyl sites for hydroxylation is 3. The lowest BCUT2D eigenvalue weighted by Gasteiger charge is -2.56. The number of nitrogens with two attached hydrogens (primary N) is 2. The number of thioether (sulfide) groups is 2. The van der Waals surface area contributed by atoms with Crippen molar-refractivity contribution in [2.45, 2.75) is 67.5 Å². The van der Waals surface area contributed by atoms with Crippen molar-refractivity contribution in [1.82, 2.24) is 20.4 Å². The molecule has 7 atom stereocenters. The number of fused-ring (bicyclic) bond motifs is 2. The zero-order chi connectivity index (χ0) is 40.8. The summed E-state index contributed by atoms with van der Waals surface area (Å²) >= 11 is 17.9. The number of carboxylic acids is 2. The summed E-state index contributed by atoms with van der Waals surface area (Å²) < 4.78 is 6.17. The summed E-state index contributed by atoms with van der Waals surface area (Å²) in [5.41, 5.74) is 14.0. The minimum absolute atomic E-state index is 0.0598. The van der Waals surface area contributed by atoms with Crippen molar-refractivity contribution >= 4 is 98.2 Å². The van der Waals surface area contributed by atoms with Gasteiger partial charge in [-0.15, -0.1) is 23.5 Å². The molecule has 4 aliphatic heterocycles. The van der Waals surface area contributed by atoms with Crippen molar-refractivity contribution in [1.29, 1.82) is 0 Å². The van der Waals surface area contributed by atoms with Crippen LogP contribution in [-0.2, 0) is 33.5 Å². The van der Waals surface area contributed by atoms with Gasteiger partial charge in [-0.05, 0) is 56.5 Å². The minimum Gasteiger partial charge on any atom is -0.477 e. The standard InChI is InChI=1S/C18H19BrClN3O5S.C17H18ClN3O4S/c1-7-4-5-9(19)6-10(7)12(21)14(24)22-18(28-3)16(27)23-13(15(25)26)11(20)8(2)29-17(18)23;1-7-3-8(2)5-9(4-7)11(19)14(22)20-12-15(23)21-13(17(24)25)10(18)6-26-16(12)21/h4-6,8,12,17H,21H2,1-3H3,(H,22,24)(H,25,26);3-5,11-12,16H,6,19H2,1-2H3,(H,20,22)(H,24,25)/t8?,12?,17-,18?;11?,12?,16-/m00/s1. The highest BCUT2D eigenvalue weighted by Crippen LogP contribution is 2.50. The van der Waals surface area contributed by atoms with E-state index >= 15 is 0 Å². The highest BCUT2D eigenvalue weighted by Gasteiger charge is 2.67. The molecular weight excluding hydrogens is 863 g/mol. The summed E-state index contributed by atoms with van der Waals surface area (Å²) in [4.78, 5) is 75.8. The van der Waals surface area contributed by atoms with Crippen LogP contribution in [0.5, 0.6) is 0 Å². The van der Waals surface area contributed by atoms with Crippen LogP contribution < -0.4 is 22.1 Å². The Labute approximate surface area is 342 Å². The average Bonchev–Trinajstić information content (AvgIpc) is 3.13. The van der Waals surface area contributed by atoms with Gasteiger partial charge in [-0.25, -0.2) is 9.59 Å². The molecule has 5 unspecified atom stereocenters. The minimum atomic E-state index is -1.73. The molecule has 20 heteroatoms. The number of hydrogen-bond acceptors (Lipinski definition) is 11. The SMILES string of the molecule is COC1(NC(=O)C(N)c2cc(Br)ccc2C)C(=O)N2C(C(=O)O)=C(Cl)C(C)S[C@H]21.Cc1cc(C)cc(C(N)C(=O)NC2C(=O)N3C(C(=O)O)=C(Cl)CS[C@@H]23)c1. The van der Waals surface area contributed by atoms with Crippen LogP contribution in [0, 0.1) is 20.8 Å². The van der Waals surface area contributed by atoms with Gasteiger partial charge in [0.2, 0.25) is 11.8 Å². The maximum atomic E-state index is 12.9. The van der Waals surface area contributed by atoms with Crippen LogP contribution >= 0.6 is 62.7 Å². The molecule has 8 N–H and O–H groups in total. The first-order valence-corrected chi connectivity index (χ1v) is 20.0. The number of amides is 4. The Balaban J connectivity index is 0.000000212. The van der Waals surface area contributed by atoms with E-state index in [1.807, 2.05) is 51.1 Å². The fourth-order valence-electron chi connectivity index (χ4n) is 6.52. The fourth-order valence-corrected chi connectivity index (χ4v) is 10.2. The number of carboxylic acid groups (broad SMARTS) is 2. The summed E-state index contributed by atoms with van der Waals surface area (Å²) in [7, 11) is 1.27. The number of nitrogens with zero attached hydrogens (tertiary/aromatic N) is 2. The van der Waals surface area contributed by atoms with Crippen molar-refractivity contribution in [2.75, 3.05) is 12.9 Å². The van der Waals surface area contributed by atoms with Gasteiger partial charge in [0.1, 0.15) is 40.3 Å². The predicted molar refractivity (Wildman–Crippen MR) is 210 cm³/mol. The molecule has 0 aromatic heterocycles. The number of aliphatic carboxylic acids is 2. The predicted octanol–water partition coefficient (Wildman–Crippen LogP) is 3.29. The number of rotatable bonds is 9. The van der Waals surface area contributed by atoms with Gasteiger partial charge in [0, 0.05) is 22.6 Å². The van der Waals surface area contributed by atoms with E-state index in [2.05, 4.69) is 26.6 Å². The number of β-lactam (4-membered cyclic amide) rings is 2. The number of carbonyl (C=O) groups is 6. The Kier molecular flexibility index (Phi) is 12.7. The van der Waals surface area contributed by atoms with Crippen molar-refractivity contribution in [2.24, 2.45) is 11.5 Å². The average molecular weight is 901 g/mol.